The van der Waals surface area contributed by atoms with Crippen LogP contribution in [0.15, 0.2) is 84.9 Å². The maximum absolute atomic E-state index is 2.35. The summed E-state index contributed by atoms with van der Waals surface area (Å²) in [4.78, 5) is 0. The SMILES string of the molecule is [I-].[I-].[I-].[Ti+4].c1ccc2c(c1)-c1ccccc1C2c1cc2ccccc2[cH-]1. The Kier molecular flexibility index (Phi) is 9.40. The number of halogens is 3. The topological polar surface area (TPSA) is 0 Å². The van der Waals surface area contributed by atoms with Crippen molar-refractivity contribution in [3.8, 4) is 11.1 Å². The summed E-state index contributed by atoms with van der Waals surface area (Å²) in [6.45, 7) is 0. The number of hydrogen-bond acceptors (Lipinski definition) is 0. The largest absolute Gasteiger partial charge is 4.00 e. The molecule has 1 aliphatic rings. The van der Waals surface area contributed by atoms with Crippen LogP contribution in [0.5, 0.6) is 0 Å². The summed E-state index contributed by atoms with van der Waals surface area (Å²) in [5.74, 6) is 0.361. The summed E-state index contributed by atoms with van der Waals surface area (Å²) < 4.78 is 0. The Morgan fingerprint density at radius 3 is 1.69 bits per heavy atom. The molecule has 0 saturated carbocycles. The molecule has 4 heteroatoms. The van der Waals surface area contributed by atoms with Crippen molar-refractivity contribution in [1.82, 2.24) is 0 Å². The molecule has 0 nitrogen and oxygen atoms in total. The molecule has 0 spiro atoms. The first kappa shape index (κ1) is 24.2. The molecular weight excluding hydrogens is 693 g/mol. The van der Waals surface area contributed by atoms with Gasteiger partial charge in [-0.15, -0.1) is 40.6 Å². The smallest absolute Gasteiger partial charge is 1.00 e. The molecule has 4 aromatic carbocycles. The van der Waals surface area contributed by atoms with Gasteiger partial charge >= 0.3 is 21.7 Å². The van der Waals surface area contributed by atoms with E-state index in [4.69, 9.17) is 0 Å². The number of rotatable bonds is 1. The fraction of sp³-hybridized carbons (Fsp3) is 0.0455. The monoisotopic (exact) mass is 708 g/mol. The number of hydrogen-bond donors (Lipinski definition) is 0. The Bertz CT molecular complexity index is 928. The Labute approximate surface area is 220 Å². The van der Waals surface area contributed by atoms with Crippen molar-refractivity contribution >= 4 is 10.8 Å². The van der Waals surface area contributed by atoms with E-state index < -0.39 is 0 Å². The fourth-order valence-electron chi connectivity index (χ4n) is 3.86. The van der Waals surface area contributed by atoms with Crippen LogP contribution in [-0.2, 0) is 21.7 Å². The third-order valence-electron chi connectivity index (χ3n) is 4.81. The Morgan fingerprint density at radius 1 is 0.615 bits per heavy atom. The van der Waals surface area contributed by atoms with Crippen molar-refractivity contribution in [2.75, 3.05) is 0 Å². The Hall–Kier alpha value is 0.174. The van der Waals surface area contributed by atoms with Gasteiger partial charge in [0.15, 0.2) is 0 Å². The molecule has 0 N–H and O–H groups in total. The van der Waals surface area contributed by atoms with E-state index in [-0.39, 0.29) is 93.6 Å². The normalized spacial score (nSPS) is 11.2. The maximum Gasteiger partial charge on any atom is 4.00 e. The van der Waals surface area contributed by atoms with Crippen LogP contribution >= 0.6 is 0 Å². The van der Waals surface area contributed by atoms with E-state index in [0.29, 0.717) is 5.92 Å². The van der Waals surface area contributed by atoms with Crippen LogP contribution < -0.4 is 71.9 Å². The minimum Gasteiger partial charge on any atom is -1.00 e. The van der Waals surface area contributed by atoms with Gasteiger partial charge in [0, 0.05) is 5.92 Å². The molecule has 5 rings (SSSR count). The molecule has 1 aliphatic carbocycles. The molecule has 0 saturated heterocycles. The van der Waals surface area contributed by atoms with E-state index in [1.54, 1.807) is 0 Å². The molecule has 0 radical (unpaired) electrons. The summed E-state index contributed by atoms with van der Waals surface area (Å²) in [6.07, 6.45) is 0. The first-order chi connectivity index (χ1) is 10.9. The average Bonchev–Trinajstić information content (AvgIpc) is 3.13. The van der Waals surface area contributed by atoms with Gasteiger partial charge in [0.1, 0.15) is 0 Å². The molecule has 0 unspecified atom stereocenters. The molecule has 4 aromatic rings. The molecule has 0 aliphatic heterocycles. The van der Waals surface area contributed by atoms with Crippen molar-refractivity contribution in [3.63, 3.8) is 0 Å². The van der Waals surface area contributed by atoms with Crippen LogP contribution in [0, 0.1) is 0 Å². The second-order valence-corrected chi connectivity index (χ2v) is 6.03. The second-order valence-electron chi connectivity index (χ2n) is 6.03. The summed E-state index contributed by atoms with van der Waals surface area (Å²) in [6, 6.07) is 30.9. The third-order valence-corrected chi connectivity index (χ3v) is 4.81. The summed E-state index contributed by atoms with van der Waals surface area (Å²) in [5, 5.41) is 2.67. The molecular formula is C22H15I3Ti. The third kappa shape index (κ3) is 3.97. The van der Waals surface area contributed by atoms with E-state index >= 15 is 0 Å². The van der Waals surface area contributed by atoms with Gasteiger partial charge in [-0.05, 0) is 22.3 Å². The van der Waals surface area contributed by atoms with Crippen molar-refractivity contribution in [1.29, 1.82) is 0 Å². The van der Waals surface area contributed by atoms with Crippen molar-refractivity contribution < 1.29 is 93.6 Å². The van der Waals surface area contributed by atoms with Gasteiger partial charge in [0.25, 0.3) is 0 Å². The van der Waals surface area contributed by atoms with Crippen molar-refractivity contribution in [2.24, 2.45) is 0 Å². The first-order valence-electron chi connectivity index (χ1n) is 7.75. The Balaban J connectivity index is 0.000000845. The molecule has 128 valence electrons. The minimum atomic E-state index is 0. The Morgan fingerprint density at radius 2 is 1.12 bits per heavy atom. The van der Waals surface area contributed by atoms with Gasteiger partial charge in [0.2, 0.25) is 0 Å². The van der Waals surface area contributed by atoms with Crippen LogP contribution in [0.4, 0.5) is 0 Å². The van der Waals surface area contributed by atoms with Crippen molar-refractivity contribution in [3.05, 3.63) is 102 Å². The van der Waals surface area contributed by atoms with E-state index in [1.165, 1.54) is 38.6 Å². The van der Waals surface area contributed by atoms with Crippen LogP contribution in [0.25, 0.3) is 21.9 Å². The van der Waals surface area contributed by atoms with Crippen LogP contribution in [-0.4, -0.2) is 0 Å². The molecule has 0 bridgehead atoms. The van der Waals surface area contributed by atoms with E-state index in [9.17, 15) is 0 Å². The molecule has 0 atom stereocenters. The summed E-state index contributed by atoms with van der Waals surface area (Å²) >= 11 is 0. The van der Waals surface area contributed by atoms with Crippen LogP contribution in [0.2, 0.25) is 0 Å². The standard InChI is InChI=1S/C22H15.3HI.Ti/c1-2-8-16-14-17(13-15(16)7-1)22-20-11-5-3-9-18(20)19-10-4-6-12-21(19)22;;;;/h1-14,22H;3*1H;/q-1;;;;+4/p-3. The molecule has 0 fully saturated rings. The average molecular weight is 708 g/mol. The molecule has 0 heterocycles. The minimum absolute atomic E-state index is 0. The molecule has 0 aromatic heterocycles. The van der Waals surface area contributed by atoms with Crippen molar-refractivity contribution in [2.45, 2.75) is 5.92 Å². The van der Waals surface area contributed by atoms with Gasteiger partial charge in [0.05, 0.1) is 0 Å². The van der Waals surface area contributed by atoms with Gasteiger partial charge in [-0.2, -0.15) is 6.07 Å². The second kappa shape index (κ2) is 10.1. The zero-order valence-corrected chi connectivity index (χ0v) is 21.8. The van der Waals surface area contributed by atoms with Gasteiger partial charge < -0.3 is 71.9 Å². The maximum atomic E-state index is 2.35. The van der Waals surface area contributed by atoms with E-state index in [2.05, 4.69) is 84.9 Å². The van der Waals surface area contributed by atoms with Gasteiger partial charge in [-0.1, -0.05) is 54.6 Å². The van der Waals surface area contributed by atoms with Gasteiger partial charge in [-0.3, -0.25) is 0 Å². The summed E-state index contributed by atoms with van der Waals surface area (Å²) in [5.41, 5.74) is 7.03. The fourth-order valence-corrected chi connectivity index (χ4v) is 3.86. The quantitative estimate of drug-likeness (QED) is 0.0977. The van der Waals surface area contributed by atoms with Gasteiger partial charge in [-0.25, -0.2) is 0 Å². The molecule has 0 amide bonds. The number of fused-ring (bicyclic) bond motifs is 4. The van der Waals surface area contributed by atoms with Crippen LogP contribution in [0.3, 0.4) is 0 Å². The number of benzene rings is 3. The summed E-state index contributed by atoms with van der Waals surface area (Å²) in [7, 11) is 0. The predicted octanol–water partition coefficient (Wildman–Crippen LogP) is -3.27. The predicted molar refractivity (Wildman–Crippen MR) is 92.4 cm³/mol. The van der Waals surface area contributed by atoms with E-state index in [1.807, 2.05) is 0 Å². The molecule has 26 heavy (non-hydrogen) atoms. The first-order valence-corrected chi connectivity index (χ1v) is 7.75. The van der Waals surface area contributed by atoms with Crippen LogP contribution in [0.1, 0.15) is 22.6 Å². The zero-order chi connectivity index (χ0) is 14.5. The zero-order valence-electron chi connectivity index (χ0n) is 13.8. The van der Waals surface area contributed by atoms with E-state index in [0.717, 1.165) is 0 Å².